The van der Waals surface area contributed by atoms with E-state index in [0.717, 1.165) is 77.7 Å². The van der Waals surface area contributed by atoms with Gasteiger partial charge < -0.3 is 23.9 Å². The Kier molecular flexibility index (Phi) is 13.0. The van der Waals surface area contributed by atoms with E-state index >= 15 is 0 Å². The van der Waals surface area contributed by atoms with Crippen LogP contribution in [0.25, 0.3) is 55.4 Å². The smallest absolute Gasteiger partial charge is 0.184 e. The molecule has 1 heterocycles. The molecule has 0 saturated carbocycles. The molecule has 2 aliphatic rings. The molecule has 1 unspecified atom stereocenters. The van der Waals surface area contributed by atoms with Gasteiger partial charge in [-0.3, -0.25) is 0 Å². The van der Waals surface area contributed by atoms with Gasteiger partial charge in [-0.25, -0.2) is 0 Å². The average Bonchev–Trinajstić information content (AvgIpc) is 3.79. The Morgan fingerprint density at radius 3 is 1.85 bits per heavy atom. The minimum Gasteiger partial charge on any atom is -0.477 e. The van der Waals surface area contributed by atoms with Gasteiger partial charge in [0.1, 0.15) is 24.9 Å². The molecule has 1 spiro atoms. The minimum atomic E-state index is -0.898. The number of ether oxygens (including phenoxy) is 4. The van der Waals surface area contributed by atoms with Crippen LogP contribution in [-0.4, -0.2) is 11.6 Å². The summed E-state index contributed by atoms with van der Waals surface area (Å²) in [7, 11) is 0. The van der Waals surface area contributed by atoms with Gasteiger partial charge in [-0.2, -0.15) is 0 Å². The molecule has 0 amide bonds. The zero-order valence-electron chi connectivity index (χ0n) is 35.7. The molecular weight excluding hydrogens is 991 g/mol. The van der Waals surface area contributed by atoms with E-state index in [1.165, 1.54) is 0 Å². The van der Waals surface area contributed by atoms with E-state index < -0.39 is 5.41 Å². The van der Waals surface area contributed by atoms with Crippen molar-refractivity contribution in [1.82, 2.24) is 4.98 Å². The second-order valence-electron chi connectivity index (χ2n) is 14.5. The van der Waals surface area contributed by atoms with Crippen molar-refractivity contribution >= 4 is 10.8 Å². The predicted octanol–water partition coefficient (Wildman–Crippen LogP) is 10.8. The van der Waals surface area contributed by atoms with Crippen molar-refractivity contribution in [1.29, 1.82) is 0 Å². The van der Waals surface area contributed by atoms with E-state index in [2.05, 4.69) is 162 Å². The molecule has 6 aromatic carbocycles. The Morgan fingerprint density at radius 1 is 0.561 bits per heavy atom. The SMILES string of the molecule is C#CC#CCOc1cc2c(cc1OC#CC#CC)-c1cc(OC#CC#CC)c(OC#CC#CC)cc1C21c2ccccc2-c2cc(-c3cc[c-]c(-c4nccc5ccccc45)c3)ccc21.[Ir]. The van der Waals surface area contributed by atoms with Crippen LogP contribution in [0.5, 0.6) is 23.0 Å². The summed E-state index contributed by atoms with van der Waals surface area (Å²) in [5.74, 6) is 34.1. The third-order valence-corrected chi connectivity index (χ3v) is 11.0. The van der Waals surface area contributed by atoms with Crippen LogP contribution in [0.2, 0.25) is 0 Å². The van der Waals surface area contributed by atoms with Crippen LogP contribution in [0.3, 0.4) is 0 Å². The summed E-state index contributed by atoms with van der Waals surface area (Å²) in [6, 6.07) is 42.8. The van der Waals surface area contributed by atoms with Crippen molar-refractivity contribution in [2.45, 2.75) is 26.2 Å². The molecule has 1 atom stereocenters. The van der Waals surface area contributed by atoms with Crippen molar-refractivity contribution < 1.29 is 39.1 Å². The van der Waals surface area contributed by atoms with Crippen molar-refractivity contribution in [2.24, 2.45) is 0 Å². The Balaban J connectivity index is 0.00000592. The van der Waals surface area contributed by atoms with Gasteiger partial charge in [0.25, 0.3) is 0 Å². The molecule has 5 nitrogen and oxygen atoms in total. The fourth-order valence-electron chi connectivity index (χ4n) is 8.55. The van der Waals surface area contributed by atoms with Crippen molar-refractivity contribution in [3.05, 3.63) is 150 Å². The molecule has 9 rings (SSSR count). The molecule has 0 saturated heterocycles. The number of aromatic nitrogens is 1. The number of rotatable bonds is 7. The van der Waals surface area contributed by atoms with Gasteiger partial charge in [0.15, 0.2) is 23.0 Å². The van der Waals surface area contributed by atoms with Gasteiger partial charge in [-0.15, -0.1) is 41.8 Å². The molecule has 7 aromatic rings. The number of hydrogen-bond acceptors (Lipinski definition) is 5. The fourth-order valence-corrected chi connectivity index (χ4v) is 8.55. The summed E-state index contributed by atoms with van der Waals surface area (Å²) in [6.07, 6.45) is 15.4. The summed E-state index contributed by atoms with van der Waals surface area (Å²) in [6.45, 7) is 5.13. The molecule has 1 aromatic heterocycles. The van der Waals surface area contributed by atoms with Crippen molar-refractivity contribution in [2.75, 3.05) is 6.61 Å². The topological polar surface area (TPSA) is 49.8 Å². The first-order chi connectivity index (χ1) is 32.1. The van der Waals surface area contributed by atoms with E-state index in [-0.39, 0.29) is 26.7 Å². The number of terminal acetylenes is 1. The van der Waals surface area contributed by atoms with Gasteiger partial charge in [0.05, 0.1) is 5.41 Å². The third kappa shape index (κ3) is 7.97. The number of benzene rings is 6. The van der Waals surface area contributed by atoms with Crippen LogP contribution in [0.4, 0.5) is 0 Å². The Labute approximate surface area is 398 Å². The quantitative estimate of drug-likeness (QED) is 0.118. The molecular formula is C60H32IrNO4-. The van der Waals surface area contributed by atoms with Crippen LogP contribution in [0.15, 0.2) is 121 Å². The van der Waals surface area contributed by atoms with Gasteiger partial charge in [-0.1, -0.05) is 78.4 Å². The number of nitrogens with zero attached hydrogens (tertiary/aromatic N) is 1. The first kappa shape index (κ1) is 43.7. The maximum atomic E-state index is 6.33. The second-order valence-corrected chi connectivity index (χ2v) is 14.5. The van der Waals surface area contributed by atoms with Crippen LogP contribution in [0.1, 0.15) is 43.0 Å². The summed E-state index contributed by atoms with van der Waals surface area (Å²) in [5, 5.41) is 2.18. The summed E-state index contributed by atoms with van der Waals surface area (Å²) < 4.78 is 24.6. The molecule has 66 heavy (non-hydrogen) atoms. The zero-order chi connectivity index (χ0) is 44.6. The van der Waals surface area contributed by atoms with E-state index in [0.29, 0.717) is 23.0 Å². The molecule has 6 heteroatoms. The summed E-state index contributed by atoms with van der Waals surface area (Å²) in [5.41, 5.74) is 10.7. The van der Waals surface area contributed by atoms with Gasteiger partial charge >= 0.3 is 0 Å². The Morgan fingerprint density at radius 2 is 1.15 bits per heavy atom. The van der Waals surface area contributed by atoms with E-state index in [1.54, 1.807) is 20.8 Å². The summed E-state index contributed by atoms with van der Waals surface area (Å²) in [4.78, 5) is 4.79. The van der Waals surface area contributed by atoms with Crippen molar-refractivity contribution in [3.8, 4) is 163 Å². The normalized spacial score (nSPS) is 12.2. The molecule has 0 aliphatic heterocycles. The molecule has 0 bridgehead atoms. The monoisotopic (exact) mass is 1020 g/mol. The van der Waals surface area contributed by atoms with Crippen LogP contribution in [-0.2, 0) is 25.5 Å². The minimum absolute atomic E-state index is 0. The van der Waals surface area contributed by atoms with Gasteiger partial charge in [0, 0.05) is 44.1 Å². The van der Waals surface area contributed by atoms with Crippen molar-refractivity contribution in [3.63, 3.8) is 0 Å². The van der Waals surface area contributed by atoms with E-state index in [1.807, 2.05) is 54.7 Å². The van der Waals surface area contributed by atoms with Gasteiger partial charge in [-0.05, 0) is 159 Å². The van der Waals surface area contributed by atoms with E-state index in [9.17, 15) is 0 Å². The summed E-state index contributed by atoms with van der Waals surface area (Å²) >= 11 is 0. The molecule has 1 radical (unpaired) electrons. The Hall–Kier alpha value is -8.94. The van der Waals surface area contributed by atoms with Crippen LogP contribution < -0.4 is 18.9 Å². The largest absolute Gasteiger partial charge is 0.477 e. The average molecular weight is 1020 g/mol. The molecule has 2 aliphatic carbocycles. The third-order valence-electron chi connectivity index (χ3n) is 11.0. The molecule has 311 valence electrons. The number of fused-ring (bicyclic) bond motifs is 11. The Bertz CT molecular complexity index is 3640. The van der Waals surface area contributed by atoms with E-state index in [4.69, 9.17) is 30.4 Å². The van der Waals surface area contributed by atoms with Gasteiger partial charge in [0.2, 0.25) is 0 Å². The number of hydrogen-bond donors (Lipinski definition) is 0. The molecule has 0 fully saturated rings. The fraction of sp³-hybridized carbons (Fsp3) is 0.0833. The maximum Gasteiger partial charge on any atom is 0.184 e. The second kappa shape index (κ2) is 19.6. The number of pyridine rings is 1. The van der Waals surface area contributed by atoms with Crippen LogP contribution in [0, 0.1) is 102 Å². The molecule has 0 N–H and O–H groups in total. The van der Waals surface area contributed by atoms with Crippen LogP contribution >= 0.6 is 0 Å². The zero-order valence-corrected chi connectivity index (χ0v) is 38.1. The first-order valence-electron chi connectivity index (χ1n) is 20.4. The standard InChI is InChI=1S/C60H32NO4.Ir/c1-5-9-17-32-62-55-38-49-50-39-56(63-33-18-10-6-2)58(65-35-20-12-8-4)41-54(50)60(53(49)40-57(55)64-34-19-11-7-3)51-27-16-15-26-47(51)48-37-44(28-29-52(48)60)43-23-21-24-45(36-43)59-46-25-14-13-22-42(46)30-31-61-59;/h3,13-16,21-23,25-31,36-41H,34H2,1-2,4H3;/q-1;. The predicted molar refractivity (Wildman–Crippen MR) is 255 cm³/mol. The first-order valence-corrected chi connectivity index (χ1v) is 20.4. The maximum absolute atomic E-state index is 6.33.